The maximum atomic E-state index is 12.1. The van der Waals surface area contributed by atoms with Crippen molar-refractivity contribution in [3.63, 3.8) is 0 Å². The van der Waals surface area contributed by atoms with Crippen molar-refractivity contribution >= 4 is 58.3 Å². The SMILES string of the molecule is O=C(/C=C/c1ccc(Cl)cc1Cl)Nc1ccc(NC(=O)Nc2ccccc2)cc1. The molecular formula is C22H17Cl2N3O2. The van der Waals surface area contributed by atoms with E-state index < -0.39 is 0 Å². The number of carbonyl (C=O) groups excluding carboxylic acids is 2. The first kappa shape index (κ1) is 20.5. The van der Waals surface area contributed by atoms with Gasteiger partial charge in [0.15, 0.2) is 0 Å². The molecule has 0 saturated heterocycles. The van der Waals surface area contributed by atoms with Crippen LogP contribution in [0.3, 0.4) is 0 Å². The van der Waals surface area contributed by atoms with E-state index in [0.29, 0.717) is 32.7 Å². The lowest BCUT2D eigenvalue weighted by atomic mass is 10.2. The highest BCUT2D eigenvalue weighted by atomic mass is 35.5. The summed E-state index contributed by atoms with van der Waals surface area (Å²) in [5, 5.41) is 9.19. The second-order valence-electron chi connectivity index (χ2n) is 6.01. The van der Waals surface area contributed by atoms with Gasteiger partial charge in [-0.05, 0) is 60.2 Å². The van der Waals surface area contributed by atoms with E-state index in [1.54, 1.807) is 60.7 Å². The molecule has 0 radical (unpaired) electrons. The molecule has 7 heteroatoms. The summed E-state index contributed by atoms with van der Waals surface area (Å²) in [4.78, 5) is 24.1. The topological polar surface area (TPSA) is 70.2 Å². The molecule has 0 spiro atoms. The van der Waals surface area contributed by atoms with Gasteiger partial charge in [-0.3, -0.25) is 4.79 Å². The Morgan fingerprint density at radius 2 is 1.31 bits per heavy atom. The molecule has 0 unspecified atom stereocenters. The summed E-state index contributed by atoms with van der Waals surface area (Å²) in [6.07, 6.45) is 2.99. The van der Waals surface area contributed by atoms with Gasteiger partial charge < -0.3 is 16.0 Å². The number of halogens is 2. The molecule has 146 valence electrons. The Morgan fingerprint density at radius 3 is 1.93 bits per heavy atom. The van der Waals surface area contributed by atoms with Gasteiger partial charge in [0.2, 0.25) is 5.91 Å². The van der Waals surface area contributed by atoms with Crippen LogP contribution >= 0.6 is 23.2 Å². The van der Waals surface area contributed by atoms with Crippen molar-refractivity contribution in [3.05, 3.63) is 94.5 Å². The molecule has 5 nitrogen and oxygen atoms in total. The highest BCUT2D eigenvalue weighted by Crippen LogP contribution is 2.22. The fraction of sp³-hybridized carbons (Fsp3) is 0. The summed E-state index contributed by atoms with van der Waals surface area (Å²) in [5.41, 5.74) is 2.58. The number of nitrogens with one attached hydrogen (secondary N) is 3. The van der Waals surface area contributed by atoms with Gasteiger partial charge in [-0.15, -0.1) is 0 Å². The third-order valence-electron chi connectivity index (χ3n) is 3.82. The second kappa shape index (κ2) is 9.78. The molecule has 3 amide bonds. The average Bonchev–Trinajstić information content (AvgIpc) is 2.69. The summed E-state index contributed by atoms with van der Waals surface area (Å²) >= 11 is 11.9. The Bertz CT molecular complexity index is 1040. The first-order valence-electron chi connectivity index (χ1n) is 8.67. The van der Waals surface area contributed by atoms with Gasteiger partial charge in [0.25, 0.3) is 0 Å². The predicted octanol–water partition coefficient (Wildman–Crippen LogP) is 6.29. The van der Waals surface area contributed by atoms with Crippen LogP contribution in [-0.4, -0.2) is 11.9 Å². The Labute approximate surface area is 178 Å². The minimum absolute atomic E-state index is 0.307. The standard InChI is InChI=1S/C22H17Cl2N3O2/c23-16-8-6-15(20(24)14-16)7-13-21(28)25-18-9-11-19(12-10-18)27-22(29)26-17-4-2-1-3-5-17/h1-14H,(H,25,28)(H2,26,27,29)/b13-7+. The molecule has 0 heterocycles. The Kier molecular flexibility index (Phi) is 6.89. The van der Waals surface area contributed by atoms with Crippen LogP contribution < -0.4 is 16.0 Å². The lowest BCUT2D eigenvalue weighted by Gasteiger charge is -2.08. The van der Waals surface area contributed by atoms with Gasteiger partial charge in [0, 0.05) is 33.2 Å². The Morgan fingerprint density at radius 1 is 0.724 bits per heavy atom. The van der Waals surface area contributed by atoms with Crippen molar-refractivity contribution in [1.29, 1.82) is 0 Å². The third-order valence-corrected chi connectivity index (χ3v) is 4.38. The number of para-hydroxylation sites is 1. The largest absolute Gasteiger partial charge is 0.323 e. The van der Waals surface area contributed by atoms with Crippen LogP contribution in [0, 0.1) is 0 Å². The van der Waals surface area contributed by atoms with Crippen molar-refractivity contribution in [2.45, 2.75) is 0 Å². The van der Waals surface area contributed by atoms with E-state index in [0.717, 1.165) is 0 Å². The monoisotopic (exact) mass is 425 g/mol. The Balaban J connectivity index is 1.53. The van der Waals surface area contributed by atoms with Crippen LogP contribution in [0.25, 0.3) is 6.08 Å². The van der Waals surface area contributed by atoms with E-state index in [1.807, 2.05) is 18.2 Å². The molecule has 0 fully saturated rings. The van der Waals surface area contributed by atoms with E-state index in [4.69, 9.17) is 23.2 Å². The van der Waals surface area contributed by atoms with E-state index in [2.05, 4.69) is 16.0 Å². The number of hydrogen-bond acceptors (Lipinski definition) is 2. The van der Waals surface area contributed by atoms with Crippen LogP contribution in [0.15, 0.2) is 78.9 Å². The number of anilines is 3. The van der Waals surface area contributed by atoms with Gasteiger partial charge in [-0.2, -0.15) is 0 Å². The molecular weight excluding hydrogens is 409 g/mol. The highest BCUT2D eigenvalue weighted by Gasteiger charge is 2.04. The van der Waals surface area contributed by atoms with Crippen LogP contribution in [0.2, 0.25) is 10.0 Å². The van der Waals surface area contributed by atoms with Gasteiger partial charge in [0.05, 0.1) is 0 Å². The highest BCUT2D eigenvalue weighted by molar-refractivity contribution is 6.35. The number of benzene rings is 3. The fourth-order valence-electron chi connectivity index (χ4n) is 2.44. The smallest absolute Gasteiger partial charge is 0.323 e. The molecule has 3 N–H and O–H groups in total. The minimum Gasteiger partial charge on any atom is -0.323 e. The summed E-state index contributed by atoms with van der Waals surface area (Å²) in [5.74, 6) is -0.307. The molecule has 29 heavy (non-hydrogen) atoms. The van der Waals surface area contributed by atoms with E-state index in [-0.39, 0.29) is 11.9 Å². The average molecular weight is 426 g/mol. The number of hydrogen-bond donors (Lipinski definition) is 3. The Hall–Kier alpha value is -3.28. The lowest BCUT2D eigenvalue weighted by molar-refractivity contribution is -0.111. The minimum atomic E-state index is -0.351. The van der Waals surface area contributed by atoms with Gasteiger partial charge in [0.1, 0.15) is 0 Å². The summed E-state index contributed by atoms with van der Waals surface area (Å²) < 4.78 is 0. The molecule has 0 aliphatic heterocycles. The molecule has 0 aliphatic rings. The summed E-state index contributed by atoms with van der Waals surface area (Å²) in [6.45, 7) is 0. The van der Waals surface area contributed by atoms with E-state index >= 15 is 0 Å². The van der Waals surface area contributed by atoms with E-state index in [9.17, 15) is 9.59 Å². The van der Waals surface area contributed by atoms with Crippen molar-refractivity contribution in [3.8, 4) is 0 Å². The van der Waals surface area contributed by atoms with Gasteiger partial charge in [-0.25, -0.2) is 4.79 Å². The molecule has 3 rings (SSSR count). The first-order valence-corrected chi connectivity index (χ1v) is 9.42. The quantitative estimate of drug-likeness (QED) is 0.420. The molecule has 0 saturated carbocycles. The first-order chi connectivity index (χ1) is 14.0. The van der Waals surface area contributed by atoms with Crippen molar-refractivity contribution in [2.75, 3.05) is 16.0 Å². The summed E-state index contributed by atoms with van der Waals surface area (Å²) in [7, 11) is 0. The molecule has 0 aliphatic carbocycles. The van der Waals surface area contributed by atoms with E-state index in [1.165, 1.54) is 6.08 Å². The fourth-order valence-corrected chi connectivity index (χ4v) is 2.91. The van der Waals surface area contributed by atoms with Crippen molar-refractivity contribution in [1.82, 2.24) is 0 Å². The van der Waals surface area contributed by atoms with Crippen LogP contribution in [0.1, 0.15) is 5.56 Å². The normalized spacial score (nSPS) is 10.6. The number of urea groups is 1. The molecule has 0 atom stereocenters. The number of amides is 3. The zero-order valence-corrected chi connectivity index (χ0v) is 16.7. The van der Waals surface area contributed by atoms with Gasteiger partial charge >= 0.3 is 6.03 Å². The van der Waals surface area contributed by atoms with Crippen molar-refractivity contribution in [2.24, 2.45) is 0 Å². The number of carbonyl (C=O) groups is 2. The maximum absolute atomic E-state index is 12.1. The molecule has 3 aromatic rings. The second-order valence-corrected chi connectivity index (χ2v) is 6.85. The molecule has 0 aromatic heterocycles. The molecule has 0 bridgehead atoms. The lowest BCUT2D eigenvalue weighted by Crippen LogP contribution is -2.19. The van der Waals surface area contributed by atoms with Crippen LogP contribution in [0.4, 0.5) is 21.9 Å². The maximum Gasteiger partial charge on any atom is 0.323 e. The van der Waals surface area contributed by atoms with Crippen LogP contribution in [0.5, 0.6) is 0 Å². The zero-order valence-electron chi connectivity index (χ0n) is 15.2. The summed E-state index contributed by atoms with van der Waals surface area (Å²) in [6, 6.07) is 20.6. The third kappa shape index (κ3) is 6.38. The number of rotatable bonds is 5. The van der Waals surface area contributed by atoms with Crippen molar-refractivity contribution < 1.29 is 9.59 Å². The zero-order chi connectivity index (χ0) is 20.6. The molecule has 3 aromatic carbocycles. The van der Waals surface area contributed by atoms with Gasteiger partial charge in [-0.1, -0.05) is 47.5 Å². The van der Waals surface area contributed by atoms with Crippen LogP contribution in [-0.2, 0) is 4.79 Å². The predicted molar refractivity (Wildman–Crippen MR) is 120 cm³/mol.